The topological polar surface area (TPSA) is 94.1 Å². The van der Waals surface area contributed by atoms with Gasteiger partial charge in [0.15, 0.2) is 0 Å². The summed E-state index contributed by atoms with van der Waals surface area (Å²) in [7, 11) is 0. The van der Waals surface area contributed by atoms with Crippen LogP contribution in [-0.4, -0.2) is 60.9 Å². The van der Waals surface area contributed by atoms with Crippen LogP contribution in [-0.2, 0) is 4.74 Å². The Morgan fingerprint density at radius 3 is 2.09 bits per heavy atom. The van der Waals surface area contributed by atoms with Gasteiger partial charge < -0.3 is 20.3 Å². The Morgan fingerprint density at radius 2 is 1.52 bits per heavy atom. The molecular weight excluding hydrogens is 298 g/mol. The van der Waals surface area contributed by atoms with Gasteiger partial charge in [-0.25, -0.2) is 9.80 Å². The van der Waals surface area contributed by atoms with Crippen LogP contribution in [0.4, 0.5) is 4.79 Å². The zero-order valence-electron chi connectivity index (χ0n) is 14.6. The number of nitrogens with zero attached hydrogens (tertiary/aromatic N) is 1. The van der Waals surface area contributed by atoms with Crippen LogP contribution in [0.3, 0.4) is 0 Å². The number of carbonyl (C=O) groups is 1. The largest absolute Gasteiger partial charge is 0.395 e. The molecule has 138 valence electrons. The molecule has 0 aliphatic heterocycles. The average Bonchev–Trinajstić information content (AvgIpc) is 2.53. The standard InChI is InChI=1S/C16H35N3O4/c1-2-3-4-5-6-7-8-9-14-23-15-17-16(22)18-19(10-12-20)11-13-21/h20-21H,2-15H2,1H3,(H2,17,18,22). The van der Waals surface area contributed by atoms with Gasteiger partial charge in [0.2, 0.25) is 0 Å². The first-order valence-electron chi connectivity index (χ1n) is 8.83. The van der Waals surface area contributed by atoms with Gasteiger partial charge in [-0.15, -0.1) is 0 Å². The van der Waals surface area contributed by atoms with E-state index in [-0.39, 0.29) is 33.0 Å². The van der Waals surface area contributed by atoms with Crippen LogP contribution in [0.15, 0.2) is 0 Å². The molecule has 0 aliphatic rings. The smallest absolute Gasteiger partial charge is 0.331 e. The summed E-state index contributed by atoms with van der Waals surface area (Å²) in [6.07, 6.45) is 10.0. The quantitative estimate of drug-likeness (QED) is 0.196. The Hall–Kier alpha value is -0.890. The van der Waals surface area contributed by atoms with Crippen LogP contribution in [0.5, 0.6) is 0 Å². The second-order valence-electron chi connectivity index (χ2n) is 5.58. The summed E-state index contributed by atoms with van der Waals surface area (Å²) in [5.74, 6) is 0. The van der Waals surface area contributed by atoms with Gasteiger partial charge in [0.1, 0.15) is 6.73 Å². The number of amides is 2. The van der Waals surface area contributed by atoms with Crippen LogP contribution in [0.1, 0.15) is 58.3 Å². The zero-order chi connectivity index (χ0) is 17.2. The summed E-state index contributed by atoms with van der Waals surface area (Å²) >= 11 is 0. The molecule has 0 saturated carbocycles. The number of unbranched alkanes of at least 4 members (excludes halogenated alkanes) is 7. The van der Waals surface area contributed by atoms with E-state index in [0.29, 0.717) is 6.61 Å². The van der Waals surface area contributed by atoms with Crippen molar-refractivity contribution >= 4 is 6.03 Å². The first-order chi connectivity index (χ1) is 11.2. The van der Waals surface area contributed by atoms with E-state index in [4.69, 9.17) is 14.9 Å². The predicted molar refractivity (Wildman–Crippen MR) is 90.8 cm³/mol. The van der Waals surface area contributed by atoms with Gasteiger partial charge in [-0.3, -0.25) is 5.43 Å². The number of carbonyl (C=O) groups excluding carboxylic acids is 1. The minimum Gasteiger partial charge on any atom is -0.395 e. The number of nitrogens with one attached hydrogen (secondary N) is 2. The zero-order valence-corrected chi connectivity index (χ0v) is 14.6. The molecule has 23 heavy (non-hydrogen) atoms. The van der Waals surface area contributed by atoms with E-state index < -0.39 is 6.03 Å². The summed E-state index contributed by atoms with van der Waals surface area (Å²) in [4.78, 5) is 11.6. The van der Waals surface area contributed by atoms with Crippen LogP contribution in [0.2, 0.25) is 0 Å². The van der Waals surface area contributed by atoms with Crippen molar-refractivity contribution in [1.82, 2.24) is 15.8 Å². The third-order valence-electron chi connectivity index (χ3n) is 3.48. The SMILES string of the molecule is CCCCCCCCCCOCNC(=O)NN(CCO)CCO. The number of hydrogen-bond donors (Lipinski definition) is 4. The van der Waals surface area contributed by atoms with Crippen molar-refractivity contribution in [2.24, 2.45) is 0 Å². The number of hydrogen-bond acceptors (Lipinski definition) is 5. The van der Waals surface area contributed by atoms with Gasteiger partial charge >= 0.3 is 6.03 Å². The van der Waals surface area contributed by atoms with E-state index >= 15 is 0 Å². The molecule has 4 N–H and O–H groups in total. The molecule has 0 aromatic heterocycles. The third-order valence-corrected chi connectivity index (χ3v) is 3.48. The van der Waals surface area contributed by atoms with Gasteiger partial charge in [-0.1, -0.05) is 51.9 Å². The Morgan fingerprint density at radius 1 is 0.957 bits per heavy atom. The van der Waals surface area contributed by atoms with Crippen LogP contribution < -0.4 is 10.7 Å². The van der Waals surface area contributed by atoms with Crippen LogP contribution in [0.25, 0.3) is 0 Å². The number of urea groups is 1. The number of aliphatic hydroxyl groups is 2. The van der Waals surface area contributed by atoms with E-state index in [1.165, 1.54) is 50.0 Å². The second-order valence-corrected chi connectivity index (χ2v) is 5.58. The minimum atomic E-state index is -0.400. The molecule has 0 aliphatic carbocycles. The Kier molecular flexibility index (Phi) is 16.8. The highest BCUT2D eigenvalue weighted by Gasteiger charge is 2.07. The maximum absolute atomic E-state index is 11.6. The first kappa shape index (κ1) is 22.1. The molecule has 0 bridgehead atoms. The highest BCUT2D eigenvalue weighted by atomic mass is 16.5. The Labute approximate surface area is 140 Å². The summed E-state index contributed by atoms with van der Waals surface area (Å²) in [5, 5.41) is 21.7. The molecule has 0 fully saturated rings. The molecule has 0 saturated heterocycles. The van der Waals surface area contributed by atoms with Gasteiger partial charge in [-0.2, -0.15) is 0 Å². The fourth-order valence-electron chi connectivity index (χ4n) is 2.17. The molecule has 0 rings (SSSR count). The van der Waals surface area contributed by atoms with E-state index in [0.717, 1.165) is 6.42 Å². The normalized spacial score (nSPS) is 11.0. The molecule has 0 spiro atoms. The molecule has 7 heteroatoms. The second kappa shape index (κ2) is 17.5. The lowest BCUT2D eigenvalue weighted by atomic mass is 10.1. The maximum atomic E-state index is 11.6. The summed E-state index contributed by atoms with van der Waals surface area (Å²) in [5.41, 5.74) is 2.54. The lowest BCUT2D eigenvalue weighted by Gasteiger charge is -2.21. The molecule has 0 radical (unpaired) electrons. The van der Waals surface area contributed by atoms with Crippen molar-refractivity contribution in [2.45, 2.75) is 58.3 Å². The van der Waals surface area contributed by atoms with E-state index in [1.807, 2.05) is 0 Å². The van der Waals surface area contributed by atoms with Crippen molar-refractivity contribution in [2.75, 3.05) is 39.6 Å². The van der Waals surface area contributed by atoms with E-state index in [1.54, 1.807) is 0 Å². The van der Waals surface area contributed by atoms with E-state index in [2.05, 4.69) is 17.7 Å². The van der Waals surface area contributed by atoms with Crippen molar-refractivity contribution in [3.8, 4) is 0 Å². The van der Waals surface area contributed by atoms with Gasteiger partial charge in [0, 0.05) is 19.7 Å². The maximum Gasteiger partial charge on any atom is 0.331 e. The average molecular weight is 333 g/mol. The number of aliphatic hydroxyl groups excluding tert-OH is 2. The van der Waals surface area contributed by atoms with Crippen molar-refractivity contribution in [1.29, 1.82) is 0 Å². The molecule has 0 atom stereocenters. The van der Waals surface area contributed by atoms with Gasteiger partial charge in [0.05, 0.1) is 13.2 Å². The highest BCUT2D eigenvalue weighted by molar-refractivity contribution is 5.73. The fraction of sp³-hybridized carbons (Fsp3) is 0.938. The monoisotopic (exact) mass is 333 g/mol. The number of hydrazine groups is 1. The van der Waals surface area contributed by atoms with Crippen molar-refractivity contribution in [3.63, 3.8) is 0 Å². The van der Waals surface area contributed by atoms with Crippen molar-refractivity contribution in [3.05, 3.63) is 0 Å². The first-order valence-corrected chi connectivity index (χ1v) is 8.83. The lowest BCUT2D eigenvalue weighted by molar-refractivity contribution is 0.0996. The Bertz CT molecular complexity index is 262. The van der Waals surface area contributed by atoms with Crippen LogP contribution in [0, 0.1) is 0 Å². The molecule has 7 nitrogen and oxygen atoms in total. The molecule has 0 unspecified atom stereocenters. The van der Waals surface area contributed by atoms with Gasteiger partial charge in [-0.05, 0) is 6.42 Å². The highest BCUT2D eigenvalue weighted by Crippen LogP contribution is 2.08. The lowest BCUT2D eigenvalue weighted by Crippen LogP contribution is -2.49. The predicted octanol–water partition coefficient (Wildman–Crippen LogP) is 1.60. The van der Waals surface area contributed by atoms with Crippen LogP contribution >= 0.6 is 0 Å². The third kappa shape index (κ3) is 15.8. The number of rotatable bonds is 16. The molecular formula is C16H35N3O4. The fourth-order valence-corrected chi connectivity index (χ4v) is 2.17. The molecule has 0 aromatic rings. The summed E-state index contributed by atoms with van der Waals surface area (Å²) in [6, 6.07) is -0.400. The minimum absolute atomic E-state index is 0.0881. The molecule has 0 heterocycles. The van der Waals surface area contributed by atoms with Crippen molar-refractivity contribution < 1.29 is 19.7 Å². The summed E-state index contributed by atoms with van der Waals surface area (Å²) < 4.78 is 5.36. The van der Waals surface area contributed by atoms with Gasteiger partial charge in [0.25, 0.3) is 0 Å². The summed E-state index contributed by atoms with van der Waals surface area (Å²) in [6.45, 7) is 3.40. The number of ether oxygens (including phenoxy) is 1. The Balaban J connectivity index is 3.37. The molecule has 2 amide bonds. The molecule has 0 aromatic carbocycles. The van der Waals surface area contributed by atoms with E-state index in [9.17, 15) is 4.79 Å².